The van der Waals surface area contributed by atoms with Crippen molar-refractivity contribution < 1.29 is 4.74 Å². The van der Waals surface area contributed by atoms with Gasteiger partial charge in [-0.2, -0.15) is 0 Å². The Balaban J connectivity index is 0.000000223. The van der Waals surface area contributed by atoms with E-state index in [4.69, 9.17) is 4.74 Å². The molecule has 0 amide bonds. The molecular formula is C11H25NO. The van der Waals surface area contributed by atoms with Crippen molar-refractivity contribution in [1.82, 2.24) is 4.90 Å². The average Bonchev–Trinajstić information content (AvgIpc) is 2.60. The molecule has 1 fully saturated rings. The van der Waals surface area contributed by atoms with E-state index in [9.17, 15) is 0 Å². The van der Waals surface area contributed by atoms with Gasteiger partial charge < -0.3 is 9.64 Å². The van der Waals surface area contributed by atoms with Gasteiger partial charge in [0, 0.05) is 6.61 Å². The Morgan fingerprint density at radius 1 is 1.15 bits per heavy atom. The molecule has 2 heteroatoms. The Kier molecular flexibility index (Phi) is 8.46. The number of rotatable bonds is 3. The van der Waals surface area contributed by atoms with Crippen LogP contribution in [-0.2, 0) is 4.74 Å². The summed E-state index contributed by atoms with van der Waals surface area (Å²) < 4.78 is 5.15. The van der Waals surface area contributed by atoms with E-state index in [1.165, 1.54) is 32.5 Å². The normalized spacial score (nSPS) is 21.5. The molecule has 1 aliphatic rings. The first-order valence-electron chi connectivity index (χ1n) is 5.58. The fraction of sp³-hybridized carbons (Fsp3) is 1.00. The van der Waals surface area contributed by atoms with Crippen molar-refractivity contribution >= 4 is 0 Å². The van der Waals surface area contributed by atoms with E-state index in [2.05, 4.69) is 32.6 Å². The standard InChI is InChI=1S/C6H15N.C5H10O/c1-4-7(5-2)6-3;1-5-3-2-4-6-5/h4-6H2,1-3H3;5H,2-4H2,1H3. The smallest absolute Gasteiger partial charge is 0.0547 e. The molecule has 13 heavy (non-hydrogen) atoms. The summed E-state index contributed by atoms with van der Waals surface area (Å²) >= 11 is 0. The van der Waals surface area contributed by atoms with Gasteiger partial charge in [-0.1, -0.05) is 20.8 Å². The first-order valence-corrected chi connectivity index (χ1v) is 5.58. The number of nitrogens with zero attached hydrogens (tertiary/aromatic N) is 1. The summed E-state index contributed by atoms with van der Waals surface area (Å²) in [6.45, 7) is 13.2. The summed E-state index contributed by atoms with van der Waals surface area (Å²) in [5.74, 6) is 0. The maximum atomic E-state index is 5.15. The van der Waals surface area contributed by atoms with Gasteiger partial charge in [0.2, 0.25) is 0 Å². The topological polar surface area (TPSA) is 12.5 Å². The Hall–Kier alpha value is -0.0800. The molecule has 0 aliphatic carbocycles. The lowest BCUT2D eigenvalue weighted by Crippen LogP contribution is -2.21. The first-order chi connectivity index (χ1) is 6.24. The van der Waals surface area contributed by atoms with Gasteiger partial charge in [-0.05, 0) is 39.4 Å². The molecule has 1 heterocycles. The molecule has 2 nitrogen and oxygen atoms in total. The fourth-order valence-corrected chi connectivity index (χ4v) is 1.41. The van der Waals surface area contributed by atoms with Gasteiger partial charge in [0.1, 0.15) is 0 Å². The van der Waals surface area contributed by atoms with Crippen molar-refractivity contribution in [3.05, 3.63) is 0 Å². The van der Waals surface area contributed by atoms with E-state index in [1.807, 2.05) is 0 Å². The van der Waals surface area contributed by atoms with Crippen LogP contribution in [0.2, 0.25) is 0 Å². The number of hydrogen-bond acceptors (Lipinski definition) is 2. The van der Waals surface area contributed by atoms with Gasteiger partial charge >= 0.3 is 0 Å². The van der Waals surface area contributed by atoms with Gasteiger partial charge in [0.05, 0.1) is 6.10 Å². The van der Waals surface area contributed by atoms with Crippen molar-refractivity contribution in [3.63, 3.8) is 0 Å². The van der Waals surface area contributed by atoms with E-state index in [0.717, 1.165) is 6.61 Å². The predicted molar refractivity (Wildman–Crippen MR) is 58.1 cm³/mol. The van der Waals surface area contributed by atoms with Gasteiger partial charge in [0.15, 0.2) is 0 Å². The van der Waals surface area contributed by atoms with Gasteiger partial charge in [-0.3, -0.25) is 0 Å². The molecule has 1 unspecified atom stereocenters. The third kappa shape index (κ3) is 7.03. The van der Waals surface area contributed by atoms with Crippen LogP contribution in [0, 0.1) is 0 Å². The molecule has 1 atom stereocenters. The van der Waals surface area contributed by atoms with Crippen LogP contribution >= 0.6 is 0 Å². The van der Waals surface area contributed by atoms with Crippen LogP contribution in [0.4, 0.5) is 0 Å². The lowest BCUT2D eigenvalue weighted by Gasteiger charge is -2.13. The second-order valence-corrected chi connectivity index (χ2v) is 3.44. The molecule has 0 saturated carbocycles. The Bertz CT molecular complexity index is 90.8. The highest BCUT2D eigenvalue weighted by Crippen LogP contribution is 2.09. The lowest BCUT2D eigenvalue weighted by atomic mass is 10.3. The maximum absolute atomic E-state index is 5.15. The largest absolute Gasteiger partial charge is 0.379 e. The van der Waals surface area contributed by atoms with Crippen LogP contribution in [-0.4, -0.2) is 37.2 Å². The van der Waals surface area contributed by atoms with Crippen LogP contribution in [0.1, 0.15) is 40.5 Å². The van der Waals surface area contributed by atoms with Crippen LogP contribution in [0.5, 0.6) is 0 Å². The van der Waals surface area contributed by atoms with Crippen LogP contribution in [0.3, 0.4) is 0 Å². The Morgan fingerprint density at radius 3 is 1.77 bits per heavy atom. The maximum Gasteiger partial charge on any atom is 0.0547 e. The second-order valence-electron chi connectivity index (χ2n) is 3.44. The van der Waals surface area contributed by atoms with E-state index in [0.29, 0.717) is 6.10 Å². The molecule has 80 valence electrons. The molecule has 0 aromatic rings. The zero-order valence-corrected chi connectivity index (χ0v) is 9.68. The minimum absolute atomic E-state index is 0.546. The summed E-state index contributed by atoms with van der Waals surface area (Å²) in [7, 11) is 0. The molecule has 0 aromatic carbocycles. The number of ether oxygens (including phenoxy) is 1. The van der Waals surface area contributed by atoms with Crippen LogP contribution in [0.25, 0.3) is 0 Å². The summed E-state index contributed by atoms with van der Waals surface area (Å²) in [6.07, 6.45) is 3.08. The minimum Gasteiger partial charge on any atom is -0.379 e. The predicted octanol–water partition coefficient (Wildman–Crippen LogP) is 2.53. The second kappa shape index (κ2) is 8.52. The monoisotopic (exact) mass is 187 g/mol. The highest BCUT2D eigenvalue weighted by atomic mass is 16.5. The SMILES string of the molecule is CC1CCCO1.CCN(CC)CC. The summed E-state index contributed by atoms with van der Waals surface area (Å²) in [5, 5.41) is 0. The summed E-state index contributed by atoms with van der Waals surface area (Å²) in [5.41, 5.74) is 0. The van der Waals surface area contributed by atoms with Crippen molar-refractivity contribution in [2.24, 2.45) is 0 Å². The quantitative estimate of drug-likeness (QED) is 0.673. The average molecular weight is 187 g/mol. The van der Waals surface area contributed by atoms with Crippen LogP contribution in [0.15, 0.2) is 0 Å². The van der Waals surface area contributed by atoms with Gasteiger partial charge in [-0.25, -0.2) is 0 Å². The van der Waals surface area contributed by atoms with Crippen molar-refractivity contribution in [1.29, 1.82) is 0 Å². The Morgan fingerprint density at radius 2 is 1.69 bits per heavy atom. The van der Waals surface area contributed by atoms with Crippen LogP contribution < -0.4 is 0 Å². The van der Waals surface area contributed by atoms with Crippen molar-refractivity contribution in [3.8, 4) is 0 Å². The first kappa shape index (κ1) is 12.9. The minimum atomic E-state index is 0.546. The zero-order valence-electron chi connectivity index (χ0n) is 9.68. The van der Waals surface area contributed by atoms with E-state index in [-0.39, 0.29) is 0 Å². The van der Waals surface area contributed by atoms with E-state index < -0.39 is 0 Å². The van der Waals surface area contributed by atoms with Crippen molar-refractivity contribution in [2.75, 3.05) is 26.2 Å². The van der Waals surface area contributed by atoms with E-state index >= 15 is 0 Å². The molecule has 0 bridgehead atoms. The third-order valence-corrected chi connectivity index (χ3v) is 2.50. The molecule has 0 radical (unpaired) electrons. The van der Waals surface area contributed by atoms with Gasteiger partial charge in [-0.15, -0.1) is 0 Å². The molecule has 0 aromatic heterocycles. The molecule has 0 N–H and O–H groups in total. The molecule has 1 rings (SSSR count). The lowest BCUT2D eigenvalue weighted by molar-refractivity contribution is 0.125. The third-order valence-electron chi connectivity index (χ3n) is 2.50. The highest BCUT2D eigenvalue weighted by Gasteiger charge is 2.07. The van der Waals surface area contributed by atoms with Crippen molar-refractivity contribution in [2.45, 2.75) is 46.6 Å². The molecule has 0 spiro atoms. The molecule has 1 aliphatic heterocycles. The Labute approximate surface area is 83.3 Å². The molecule has 1 saturated heterocycles. The van der Waals surface area contributed by atoms with E-state index in [1.54, 1.807) is 0 Å². The van der Waals surface area contributed by atoms with Gasteiger partial charge in [0.25, 0.3) is 0 Å². The summed E-state index contributed by atoms with van der Waals surface area (Å²) in [6, 6.07) is 0. The zero-order chi connectivity index (χ0) is 10.1. The number of hydrogen-bond donors (Lipinski definition) is 0. The molecular weight excluding hydrogens is 162 g/mol. The fourth-order valence-electron chi connectivity index (χ4n) is 1.41. The highest BCUT2D eigenvalue weighted by molar-refractivity contribution is 4.56. The summed E-state index contributed by atoms with van der Waals surface area (Å²) in [4.78, 5) is 2.38.